The maximum absolute atomic E-state index is 12.7. The van der Waals surface area contributed by atoms with Crippen LogP contribution in [0.15, 0.2) is 60.2 Å². The van der Waals surface area contributed by atoms with Crippen LogP contribution in [-0.2, 0) is 17.9 Å². The van der Waals surface area contributed by atoms with E-state index in [2.05, 4.69) is 32.3 Å². The molecule has 4 rings (SSSR count). The Morgan fingerprint density at radius 1 is 1.19 bits per heavy atom. The third-order valence-electron chi connectivity index (χ3n) is 4.84. The SMILES string of the molecule is O=C(NCc1nc(-c2ccncc2)cs1)[C@@H]1CCCN1Cc1ccccc1. The molecule has 1 atom stereocenters. The number of carbonyl (C=O) groups is 1. The van der Waals surface area contributed by atoms with E-state index >= 15 is 0 Å². The lowest BCUT2D eigenvalue weighted by atomic mass is 10.1. The monoisotopic (exact) mass is 378 g/mol. The molecule has 0 saturated carbocycles. The number of hydrogen-bond donors (Lipinski definition) is 1. The van der Waals surface area contributed by atoms with E-state index in [4.69, 9.17) is 0 Å². The minimum Gasteiger partial charge on any atom is -0.348 e. The molecule has 1 aliphatic heterocycles. The average molecular weight is 379 g/mol. The highest BCUT2D eigenvalue weighted by atomic mass is 32.1. The minimum absolute atomic E-state index is 0.0511. The molecule has 0 radical (unpaired) electrons. The summed E-state index contributed by atoms with van der Waals surface area (Å²) in [6, 6.07) is 14.2. The molecule has 3 aromatic rings. The van der Waals surface area contributed by atoms with Gasteiger partial charge in [0.25, 0.3) is 0 Å². The summed E-state index contributed by atoms with van der Waals surface area (Å²) in [5.74, 6) is 0.101. The lowest BCUT2D eigenvalue weighted by Crippen LogP contribution is -2.42. The van der Waals surface area contributed by atoms with Gasteiger partial charge < -0.3 is 5.32 Å². The Morgan fingerprint density at radius 2 is 2.00 bits per heavy atom. The lowest BCUT2D eigenvalue weighted by Gasteiger charge is -2.23. The number of aromatic nitrogens is 2. The van der Waals surface area contributed by atoms with E-state index in [-0.39, 0.29) is 11.9 Å². The molecule has 0 spiro atoms. The van der Waals surface area contributed by atoms with Crippen molar-refractivity contribution in [3.63, 3.8) is 0 Å². The highest BCUT2D eigenvalue weighted by Crippen LogP contribution is 2.22. The Bertz CT molecular complexity index is 881. The van der Waals surface area contributed by atoms with Crippen LogP contribution in [0.5, 0.6) is 0 Å². The molecule has 0 unspecified atom stereocenters. The quantitative estimate of drug-likeness (QED) is 0.713. The molecule has 3 heterocycles. The van der Waals surface area contributed by atoms with E-state index in [1.54, 1.807) is 23.7 Å². The predicted molar refractivity (Wildman–Crippen MR) is 107 cm³/mol. The van der Waals surface area contributed by atoms with Crippen molar-refractivity contribution in [1.29, 1.82) is 0 Å². The van der Waals surface area contributed by atoms with Crippen molar-refractivity contribution in [1.82, 2.24) is 20.2 Å². The molecule has 1 N–H and O–H groups in total. The van der Waals surface area contributed by atoms with E-state index < -0.39 is 0 Å². The van der Waals surface area contributed by atoms with Crippen LogP contribution in [0.2, 0.25) is 0 Å². The van der Waals surface area contributed by atoms with Crippen LogP contribution in [-0.4, -0.2) is 33.4 Å². The fourth-order valence-electron chi connectivity index (χ4n) is 3.46. The highest BCUT2D eigenvalue weighted by Gasteiger charge is 2.30. The third-order valence-corrected chi connectivity index (χ3v) is 5.69. The van der Waals surface area contributed by atoms with Crippen LogP contribution in [0.3, 0.4) is 0 Å². The van der Waals surface area contributed by atoms with Crippen LogP contribution in [0.25, 0.3) is 11.3 Å². The van der Waals surface area contributed by atoms with E-state index in [1.165, 1.54) is 5.56 Å². The standard InChI is InChI=1S/C21H22N4OS/c26-21(19-7-4-12-25(19)14-16-5-2-1-3-6-16)23-13-20-24-18(15-27-20)17-8-10-22-11-9-17/h1-3,5-6,8-11,15,19H,4,7,12-14H2,(H,23,26)/t19-/m0/s1. The Kier molecular flexibility index (Phi) is 5.55. The zero-order chi connectivity index (χ0) is 18.5. The summed E-state index contributed by atoms with van der Waals surface area (Å²) in [4.78, 5) is 23.6. The van der Waals surface area contributed by atoms with Crippen LogP contribution < -0.4 is 5.32 Å². The van der Waals surface area contributed by atoms with Gasteiger partial charge in [0.15, 0.2) is 0 Å². The summed E-state index contributed by atoms with van der Waals surface area (Å²) < 4.78 is 0. The summed E-state index contributed by atoms with van der Waals surface area (Å²) in [6.07, 6.45) is 5.50. The number of carbonyl (C=O) groups excluding carboxylic acids is 1. The number of benzene rings is 1. The zero-order valence-corrected chi connectivity index (χ0v) is 15.9. The number of likely N-dealkylation sites (tertiary alicyclic amines) is 1. The van der Waals surface area contributed by atoms with E-state index in [9.17, 15) is 4.79 Å². The van der Waals surface area contributed by atoms with Crippen molar-refractivity contribution >= 4 is 17.2 Å². The topological polar surface area (TPSA) is 58.1 Å². The van der Waals surface area contributed by atoms with Gasteiger partial charge in [-0.2, -0.15) is 0 Å². The predicted octanol–water partition coefficient (Wildman–Crippen LogP) is 3.49. The van der Waals surface area contributed by atoms with Gasteiger partial charge in [0.2, 0.25) is 5.91 Å². The van der Waals surface area contributed by atoms with Crippen LogP contribution >= 0.6 is 11.3 Å². The molecular weight excluding hydrogens is 356 g/mol. The van der Waals surface area contributed by atoms with Gasteiger partial charge in [0, 0.05) is 29.9 Å². The Hall–Kier alpha value is -2.57. The van der Waals surface area contributed by atoms with Crippen molar-refractivity contribution in [3.8, 4) is 11.3 Å². The lowest BCUT2D eigenvalue weighted by molar-refractivity contribution is -0.125. The number of nitrogens with zero attached hydrogens (tertiary/aromatic N) is 3. The van der Waals surface area contributed by atoms with E-state index in [0.29, 0.717) is 6.54 Å². The molecule has 1 fully saturated rings. The van der Waals surface area contributed by atoms with Crippen molar-refractivity contribution < 1.29 is 4.79 Å². The van der Waals surface area contributed by atoms with Crippen molar-refractivity contribution in [2.75, 3.05) is 6.54 Å². The molecule has 138 valence electrons. The first-order valence-corrected chi connectivity index (χ1v) is 10.1. The van der Waals surface area contributed by atoms with Gasteiger partial charge in [-0.1, -0.05) is 30.3 Å². The molecule has 27 heavy (non-hydrogen) atoms. The van der Waals surface area contributed by atoms with Crippen molar-refractivity contribution in [2.24, 2.45) is 0 Å². The second-order valence-corrected chi connectivity index (χ2v) is 7.64. The minimum atomic E-state index is -0.0511. The van der Waals surface area contributed by atoms with Gasteiger partial charge in [-0.05, 0) is 37.1 Å². The summed E-state index contributed by atoms with van der Waals surface area (Å²) in [6.45, 7) is 2.27. The Labute approximate surface area is 163 Å². The molecule has 1 aliphatic rings. The molecule has 6 heteroatoms. The van der Waals surface area contributed by atoms with E-state index in [1.807, 2.05) is 35.7 Å². The average Bonchev–Trinajstić information content (AvgIpc) is 3.37. The van der Waals surface area contributed by atoms with Gasteiger partial charge in [-0.25, -0.2) is 4.98 Å². The van der Waals surface area contributed by atoms with Gasteiger partial charge in [-0.15, -0.1) is 11.3 Å². The number of hydrogen-bond acceptors (Lipinski definition) is 5. The van der Waals surface area contributed by atoms with Crippen molar-refractivity contribution in [3.05, 3.63) is 70.8 Å². The zero-order valence-electron chi connectivity index (χ0n) is 15.0. The fourth-order valence-corrected chi connectivity index (χ4v) is 4.20. The molecule has 1 saturated heterocycles. The number of rotatable bonds is 6. The number of thiazole rings is 1. The van der Waals surface area contributed by atoms with Gasteiger partial charge >= 0.3 is 0 Å². The second kappa shape index (κ2) is 8.41. The summed E-state index contributed by atoms with van der Waals surface area (Å²) in [7, 11) is 0. The van der Waals surface area contributed by atoms with Crippen LogP contribution in [0.4, 0.5) is 0 Å². The van der Waals surface area contributed by atoms with Gasteiger partial charge in [-0.3, -0.25) is 14.7 Å². The molecule has 2 aromatic heterocycles. The van der Waals surface area contributed by atoms with Gasteiger partial charge in [0.05, 0.1) is 18.3 Å². The first kappa shape index (κ1) is 17.8. The molecule has 0 aliphatic carbocycles. The summed E-state index contributed by atoms with van der Waals surface area (Å²) in [5.41, 5.74) is 3.22. The largest absolute Gasteiger partial charge is 0.348 e. The third kappa shape index (κ3) is 4.40. The smallest absolute Gasteiger partial charge is 0.237 e. The van der Waals surface area contributed by atoms with Crippen molar-refractivity contribution in [2.45, 2.75) is 32.0 Å². The first-order chi connectivity index (χ1) is 13.3. The summed E-state index contributed by atoms with van der Waals surface area (Å²) in [5, 5.41) is 6.02. The molecule has 1 aromatic carbocycles. The number of nitrogens with one attached hydrogen (secondary N) is 1. The van der Waals surface area contributed by atoms with Gasteiger partial charge in [0.1, 0.15) is 5.01 Å². The first-order valence-electron chi connectivity index (χ1n) is 9.20. The Balaban J connectivity index is 1.34. The number of pyridine rings is 1. The van der Waals surface area contributed by atoms with Crippen LogP contribution in [0, 0.1) is 0 Å². The summed E-state index contributed by atoms with van der Waals surface area (Å²) >= 11 is 1.57. The highest BCUT2D eigenvalue weighted by molar-refractivity contribution is 7.09. The Morgan fingerprint density at radius 3 is 2.81 bits per heavy atom. The molecule has 5 nitrogen and oxygen atoms in total. The molecule has 1 amide bonds. The fraction of sp³-hybridized carbons (Fsp3) is 0.286. The van der Waals surface area contributed by atoms with Crippen LogP contribution in [0.1, 0.15) is 23.4 Å². The normalized spacial score (nSPS) is 17.1. The second-order valence-electron chi connectivity index (χ2n) is 6.69. The molecular formula is C21H22N4OS. The maximum atomic E-state index is 12.7. The number of amides is 1. The van der Waals surface area contributed by atoms with E-state index in [0.717, 1.165) is 42.2 Å². The molecule has 0 bridgehead atoms. The maximum Gasteiger partial charge on any atom is 0.237 e.